The number of fused-ring (bicyclic) bond motifs is 1. The van der Waals surface area contributed by atoms with Gasteiger partial charge in [0.2, 0.25) is 0 Å². The Bertz CT molecular complexity index is 1430. The highest BCUT2D eigenvalue weighted by atomic mass is 19.1. The first-order valence-corrected chi connectivity index (χ1v) is 10.7. The molecule has 33 heavy (non-hydrogen) atoms. The van der Waals surface area contributed by atoms with Crippen molar-refractivity contribution in [1.29, 1.82) is 5.26 Å². The van der Waals surface area contributed by atoms with Crippen LogP contribution in [0.25, 0.3) is 16.8 Å². The van der Waals surface area contributed by atoms with Crippen molar-refractivity contribution in [2.45, 2.75) is 20.3 Å². The van der Waals surface area contributed by atoms with E-state index < -0.39 is 5.91 Å². The molecule has 4 aromatic rings. The maximum absolute atomic E-state index is 14.4. The molecule has 4 heteroatoms. The van der Waals surface area contributed by atoms with Crippen molar-refractivity contribution in [2.75, 3.05) is 5.32 Å². The molecule has 0 saturated heterocycles. The highest BCUT2D eigenvalue weighted by Gasteiger charge is 2.15. The average molecular weight is 435 g/mol. The van der Waals surface area contributed by atoms with Crippen LogP contribution in [0.15, 0.2) is 84.4 Å². The molecule has 0 unspecified atom stereocenters. The molecule has 0 aliphatic carbocycles. The number of aryl methyl sites for hydroxylation is 1. The number of hydrogen-bond acceptors (Lipinski definition) is 2. The van der Waals surface area contributed by atoms with Gasteiger partial charge in [-0.05, 0) is 70.6 Å². The fourth-order valence-corrected chi connectivity index (χ4v) is 3.88. The minimum Gasteiger partial charge on any atom is -0.321 e. The van der Waals surface area contributed by atoms with Gasteiger partial charge in [0.15, 0.2) is 0 Å². The molecule has 162 valence electrons. The number of rotatable bonds is 5. The Morgan fingerprint density at radius 2 is 1.70 bits per heavy atom. The van der Waals surface area contributed by atoms with Crippen LogP contribution in [0.5, 0.6) is 0 Å². The Labute approximate surface area is 192 Å². The van der Waals surface area contributed by atoms with Crippen LogP contribution >= 0.6 is 0 Å². The predicted molar refractivity (Wildman–Crippen MR) is 131 cm³/mol. The molecule has 0 aliphatic heterocycles. The number of benzene rings is 4. The molecular formula is C29H23FN2O. The normalized spacial score (nSPS) is 11.3. The lowest BCUT2D eigenvalue weighted by molar-refractivity contribution is -0.112. The van der Waals surface area contributed by atoms with Gasteiger partial charge in [-0.15, -0.1) is 0 Å². The largest absolute Gasteiger partial charge is 0.321 e. The van der Waals surface area contributed by atoms with Gasteiger partial charge >= 0.3 is 0 Å². The van der Waals surface area contributed by atoms with Crippen LogP contribution < -0.4 is 5.32 Å². The predicted octanol–water partition coefficient (Wildman–Crippen LogP) is 6.73. The molecular weight excluding hydrogens is 411 g/mol. The summed E-state index contributed by atoms with van der Waals surface area (Å²) in [4.78, 5) is 13.0. The molecule has 0 aliphatic rings. The van der Waals surface area contributed by atoms with Crippen LogP contribution in [0.3, 0.4) is 0 Å². The fourth-order valence-electron chi connectivity index (χ4n) is 3.88. The highest BCUT2D eigenvalue weighted by Crippen LogP contribution is 2.28. The zero-order valence-corrected chi connectivity index (χ0v) is 18.5. The Hall–Kier alpha value is -4.23. The van der Waals surface area contributed by atoms with E-state index in [2.05, 4.69) is 5.32 Å². The molecule has 3 nitrogen and oxygen atoms in total. The minimum absolute atomic E-state index is 0.0120. The van der Waals surface area contributed by atoms with Crippen LogP contribution in [0.2, 0.25) is 0 Å². The zero-order chi connectivity index (χ0) is 23.4. The topological polar surface area (TPSA) is 52.9 Å². The fraction of sp³-hybridized carbons (Fsp3) is 0.103. The number of amides is 1. The standard InChI is InChI=1S/C29H23FN2O/c1-19-8-7-13-28(20(19)2)32-29(33)24(18-31)17-26-22(16-23-10-4-6-12-27(23)30)15-14-21-9-3-5-11-25(21)26/h3-15,17H,16H2,1-2H3,(H,32,33)/b24-17+. The van der Waals surface area contributed by atoms with E-state index in [0.29, 0.717) is 17.7 Å². The van der Waals surface area contributed by atoms with Gasteiger partial charge < -0.3 is 5.32 Å². The van der Waals surface area contributed by atoms with Gasteiger partial charge in [-0.2, -0.15) is 5.26 Å². The average Bonchev–Trinajstić information content (AvgIpc) is 2.82. The van der Waals surface area contributed by atoms with Gasteiger partial charge in [0.05, 0.1) is 0 Å². The van der Waals surface area contributed by atoms with Crippen LogP contribution in [0, 0.1) is 31.0 Å². The third-order valence-corrected chi connectivity index (χ3v) is 5.91. The molecule has 0 spiro atoms. The lowest BCUT2D eigenvalue weighted by Crippen LogP contribution is -2.14. The molecule has 1 N–H and O–H groups in total. The first-order chi connectivity index (χ1) is 16.0. The van der Waals surface area contributed by atoms with Gasteiger partial charge in [0.25, 0.3) is 5.91 Å². The molecule has 0 atom stereocenters. The van der Waals surface area contributed by atoms with Crippen LogP contribution in [0.1, 0.15) is 27.8 Å². The summed E-state index contributed by atoms with van der Waals surface area (Å²) in [6, 6.07) is 26.0. The molecule has 0 heterocycles. The summed E-state index contributed by atoms with van der Waals surface area (Å²) < 4.78 is 14.4. The maximum atomic E-state index is 14.4. The Morgan fingerprint density at radius 3 is 2.48 bits per heavy atom. The lowest BCUT2D eigenvalue weighted by atomic mass is 9.93. The number of carbonyl (C=O) groups is 1. The van der Waals surface area contributed by atoms with E-state index in [4.69, 9.17) is 0 Å². The summed E-state index contributed by atoms with van der Waals surface area (Å²) in [7, 11) is 0. The second-order valence-corrected chi connectivity index (χ2v) is 8.00. The summed E-state index contributed by atoms with van der Waals surface area (Å²) in [5, 5.41) is 14.6. The van der Waals surface area contributed by atoms with Crippen molar-refractivity contribution >= 4 is 28.4 Å². The monoisotopic (exact) mass is 434 g/mol. The third-order valence-electron chi connectivity index (χ3n) is 5.91. The SMILES string of the molecule is Cc1cccc(NC(=O)/C(C#N)=C/c2c(Cc3ccccc3F)ccc3ccccc23)c1C. The van der Waals surface area contributed by atoms with Gasteiger partial charge in [0.1, 0.15) is 17.5 Å². The molecule has 1 amide bonds. The van der Waals surface area contributed by atoms with E-state index in [1.54, 1.807) is 24.3 Å². The van der Waals surface area contributed by atoms with Gasteiger partial charge in [0, 0.05) is 12.1 Å². The number of halogens is 1. The molecule has 4 rings (SSSR count). The van der Waals surface area contributed by atoms with Crippen molar-refractivity contribution in [3.8, 4) is 6.07 Å². The van der Waals surface area contributed by atoms with Crippen molar-refractivity contribution in [3.63, 3.8) is 0 Å². The maximum Gasteiger partial charge on any atom is 0.266 e. The minimum atomic E-state index is -0.476. The van der Waals surface area contributed by atoms with Crippen molar-refractivity contribution < 1.29 is 9.18 Å². The number of anilines is 1. The van der Waals surface area contributed by atoms with Crippen LogP contribution in [-0.4, -0.2) is 5.91 Å². The summed E-state index contributed by atoms with van der Waals surface area (Å²) in [5.41, 5.74) is 4.80. The number of nitrogens with one attached hydrogen (secondary N) is 1. The summed E-state index contributed by atoms with van der Waals surface area (Å²) in [6.45, 7) is 3.90. The molecule has 4 aromatic carbocycles. The number of nitriles is 1. The zero-order valence-electron chi connectivity index (χ0n) is 18.5. The summed E-state index contributed by atoms with van der Waals surface area (Å²) >= 11 is 0. The lowest BCUT2D eigenvalue weighted by Gasteiger charge is -2.13. The van der Waals surface area contributed by atoms with E-state index in [1.807, 2.05) is 74.5 Å². The van der Waals surface area contributed by atoms with Crippen LogP contribution in [-0.2, 0) is 11.2 Å². The van der Waals surface area contributed by atoms with E-state index in [-0.39, 0.29) is 11.4 Å². The smallest absolute Gasteiger partial charge is 0.266 e. The molecule has 0 radical (unpaired) electrons. The molecule has 0 bridgehead atoms. The summed E-state index contributed by atoms with van der Waals surface area (Å²) in [5.74, 6) is -0.760. The first kappa shape index (κ1) is 22.0. The number of nitrogens with zero attached hydrogens (tertiary/aromatic N) is 1. The third kappa shape index (κ3) is 4.68. The quantitative estimate of drug-likeness (QED) is 0.280. The van der Waals surface area contributed by atoms with Gasteiger partial charge in [-0.25, -0.2) is 4.39 Å². The molecule has 0 aromatic heterocycles. The van der Waals surface area contributed by atoms with E-state index in [1.165, 1.54) is 6.07 Å². The van der Waals surface area contributed by atoms with Crippen molar-refractivity contribution in [2.24, 2.45) is 0 Å². The van der Waals surface area contributed by atoms with E-state index in [9.17, 15) is 14.4 Å². The van der Waals surface area contributed by atoms with Gasteiger partial charge in [-0.3, -0.25) is 4.79 Å². The number of hydrogen-bond donors (Lipinski definition) is 1. The van der Waals surface area contributed by atoms with Crippen molar-refractivity contribution in [3.05, 3.63) is 118 Å². The Balaban J connectivity index is 1.79. The van der Waals surface area contributed by atoms with E-state index >= 15 is 0 Å². The van der Waals surface area contributed by atoms with Gasteiger partial charge in [-0.1, -0.05) is 66.7 Å². The van der Waals surface area contributed by atoms with E-state index in [0.717, 1.165) is 33.0 Å². The Kier molecular flexibility index (Phi) is 6.33. The van der Waals surface area contributed by atoms with Crippen molar-refractivity contribution in [1.82, 2.24) is 0 Å². The second-order valence-electron chi connectivity index (χ2n) is 8.00. The highest BCUT2D eigenvalue weighted by molar-refractivity contribution is 6.11. The molecule has 0 saturated carbocycles. The van der Waals surface area contributed by atoms with Crippen LogP contribution in [0.4, 0.5) is 10.1 Å². The molecule has 0 fully saturated rings. The number of carbonyl (C=O) groups excluding carboxylic acids is 1. The summed E-state index contributed by atoms with van der Waals surface area (Å²) in [6.07, 6.45) is 1.96. The first-order valence-electron chi connectivity index (χ1n) is 10.7. The Morgan fingerprint density at radius 1 is 0.939 bits per heavy atom. The second kappa shape index (κ2) is 9.50.